The molecule has 3 saturated carbocycles. The lowest BCUT2D eigenvalue weighted by Gasteiger charge is -2.50. The summed E-state index contributed by atoms with van der Waals surface area (Å²) in [6.45, 7) is 5.53. The Morgan fingerprint density at radius 3 is 2.43 bits per heavy atom. The summed E-state index contributed by atoms with van der Waals surface area (Å²) in [7, 11) is 0. The van der Waals surface area contributed by atoms with Crippen LogP contribution in [-0.2, 0) is 23.3 Å². The third-order valence-corrected chi connectivity index (χ3v) is 7.86. The molecule has 1 atom stereocenters. The minimum Gasteiger partial charge on any atom is -0.481 e. The van der Waals surface area contributed by atoms with E-state index < -0.39 is 11.4 Å². The van der Waals surface area contributed by atoms with E-state index in [1.54, 1.807) is 4.57 Å². The van der Waals surface area contributed by atoms with Crippen molar-refractivity contribution in [3.8, 4) is 11.5 Å². The van der Waals surface area contributed by atoms with E-state index in [0.29, 0.717) is 38.2 Å². The Bertz CT molecular complexity index is 998. The van der Waals surface area contributed by atoms with Crippen molar-refractivity contribution < 1.29 is 9.90 Å². The second-order valence-electron chi connectivity index (χ2n) is 9.61. The van der Waals surface area contributed by atoms with Gasteiger partial charge in [0.1, 0.15) is 17.3 Å². The lowest BCUT2D eigenvalue weighted by molar-refractivity contribution is -0.156. The van der Waals surface area contributed by atoms with Gasteiger partial charge in [-0.2, -0.15) is 0 Å². The molecule has 8 nitrogen and oxygen atoms in total. The highest BCUT2D eigenvalue weighted by atomic mass is 16.4. The molecule has 0 amide bonds. The third kappa shape index (κ3) is 2.65. The van der Waals surface area contributed by atoms with Gasteiger partial charge in [-0.05, 0) is 51.4 Å². The molecule has 0 aromatic carbocycles. The van der Waals surface area contributed by atoms with E-state index in [4.69, 9.17) is 9.97 Å². The molecule has 3 aliphatic heterocycles. The van der Waals surface area contributed by atoms with Gasteiger partial charge < -0.3 is 10.4 Å². The highest BCUT2D eigenvalue weighted by Gasteiger charge is 2.55. The van der Waals surface area contributed by atoms with Crippen molar-refractivity contribution in [2.75, 3.05) is 5.32 Å². The van der Waals surface area contributed by atoms with Crippen LogP contribution < -0.4 is 11.0 Å². The Kier molecular flexibility index (Phi) is 4.45. The first-order valence-electron chi connectivity index (χ1n) is 11.4. The number of aliphatic carboxylic acids is 1. The fraction of sp³-hybridized carbons (Fsp3) is 0.727. The van der Waals surface area contributed by atoms with Gasteiger partial charge >= 0.3 is 11.7 Å². The molecule has 3 fully saturated rings. The van der Waals surface area contributed by atoms with Crippen LogP contribution in [-0.4, -0.2) is 36.2 Å². The number of hydrogen-bond donors (Lipinski definition) is 2. The monoisotopic (exact) mass is 413 g/mol. The van der Waals surface area contributed by atoms with Crippen molar-refractivity contribution >= 4 is 11.8 Å². The second kappa shape index (κ2) is 6.82. The summed E-state index contributed by atoms with van der Waals surface area (Å²) < 4.78 is 3.63. The first-order valence-corrected chi connectivity index (χ1v) is 11.4. The Balaban J connectivity index is 1.59. The standard InChI is InChI=1S/C22H31N5O3/c1-3-5-14-13-27-16(23-14)15-17(26(12-4-2)20(27)30)25-18(24-15)21-6-9-22(10-7-21,11-8-21)19(28)29/h14,23H,3-13H2,1-2H3,(H,28,29)/t14-,21?,22?/m1/s1. The number of fused-ring (bicyclic) bond motifs is 6. The highest BCUT2D eigenvalue weighted by molar-refractivity contribution is 5.75. The predicted octanol–water partition coefficient (Wildman–Crippen LogP) is 3.23. The van der Waals surface area contributed by atoms with E-state index in [2.05, 4.69) is 19.2 Å². The molecule has 8 heteroatoms. The van der Waals surface area contributed by atoms with Crippen molar-refractivity contribution in [2.45, 2.75) is 96.2 Å². The lowest BCUT2D eigenvalue weighted by atomic mass is 9.53. The van der Waals surface area contributed by atoms with E-state index in [1.165, 1.54) is 0 Å². The molecule has 0 radical (unpaired) electrons. The van der Waals surface area contributed by atoms with Crippen molar-refractivity contribution in [3.05, 3.63) is 16.3 Å². The number of carboxylic acid groups (broad SMARTS) is 1. The summed E-state index contributed by atoms with van der Waals surface area (Å²) in [5, 5.41) is 13.2. The predicted molar refractivity (Wildman–Crippen MR) is 113 cm³/mol. The number of rotatable bonds is 6. The molecule has 0 saturated heterocycles. The van der Waals surface area contributed by atoms with E-state index in [-0.39, 0.29) is 17.1 Å². The van der Waals surface area contributed by atoms with Crippen molar-refractivity contribution in [1.82, 2.24) is 19.1 Å². The van der Waals surface area contributed by atoms with Crippen LogP contribution in [0.3, 0.4) is 0 Å². The number of aromatic nitrogens is 4. The largest absolute Gasteiger partial charge is 0.481 e. The van der Waals surface area contributed by atoms with Gasteiger partial charge in [-0.25, -0.2) is 14.8 Å². The molecule has 0 spiro atoms. The molecular formula is C22H31N5O3. The van der Waals surface area contributed by atoms with Crippen LogP contribution in [0.4, 0.5) is 5.82 Å². The Morgan fingerprint density at radius 1 is 1.13 bits per heavy atom. The van der Waals surface area contributed by atoms with Crippen LogP contribution in [0.1, 0.15) is 77.5 Å². The summed E-state index contributed by atoms with van der Waals surface area (Å²) in [5.41, 5.74) is 0.0881. The van der Waals surface area contributed by atoms with Crippen LogP contribution >= 0.6 is 0 Å². The first kappa shape index (κ1) is 19.6. The molecule has 0 unspecified atom stereocenters. The second-order valence-corrected chi connectivity index (χ2v) is 9.61. The molecule has 162 valence electrons. The van der Waals surface area contributed by atoms with Gasteiger partial charge in [0.15, 0.2) is 5.82 Å². The van der Waals surface area contributed by atoms with Gasteiger partial charge in [-0.3, -0.25) is 13.9 Å². The summed E-state index contributed by atoms with van der Waals surface area (Å²) in [4.78, 5) is 35.0. The lowest BCUT2D eigenvalue weighted by Crippen LogP contribution is -2.48. The highest BCUT2D eigenvalue weighted by Crippen LogP contribution is 2.57. The fourth-order valence-electron chi connectivity index (χ4n) is 5.93. The van der Waals surface area contributed by atoms with Crippen LogP contribution in [0.15, 0.2) is 4.79 Å². The maximum absolute atomic E-state index is 13.2. The van der Waals surface area contributed by atoms with Gasteiger partial charge in [0, 0.05) is 24.5 Å². The average molecular weight is 414 g/mol. The smallest absolute Gasteiger partial charge is 0.331 e. The van der Waals surface area contributed by atoms with Gasteiger partial charge in [0.2, 0.25) is 0 Å². The Labute approximate surface area is 176 Å². The number of anilines is 1. The van der Waals surface area contributed by atoms with Crippen LogP contribution in [0.25, 0.3) is 11.5 Å². The average Bonchev–Trinajstić information content (AvgIpc) is 3.38. The fourth-order valence-corrected chi connectivity index (χ4v) is 5.93. The molecule has 3 aliphatic carbocycles. The molecule has 3 heterocycles. The number of carboxylic acids is 1. The number of imidazole rings is 1. The van der Waals surface area contributed by atoms with E-state index >= 15 is 0 Å². The summed E-state index contributed by atoms with van der Waals surface area (Å²) in [6, 6.07) is 0.252. The zero-order valence-corrected chi connectivity index (χ0v) is 17.9. The van der Waals surface area contributed by atoms with Crippen molar-refractivity contribution in [2.24, 2.45) is 5.41 Å². The molecule has 2 bridgehead atoms. The zero-order valence-electron chi connectivity index (χ0n) is 17.9. The maximum atomic E-state index is 13.2. The number of hydrogen-bond acceptors (Lipinski definition) is 5. The van der Waals surface area contributed by atoms with Crippen molar-refractivity contribution in [1.29, 1.82) is 0 Å². The minimum atomic E-state index is -0.651. The normalized spacial score (nSPS) is 29.9. The molecule has 30 heavy (non-hydrogen) atoms. The van der Waals surface area contributed by atoms with E-state index in [1.807, 2.05) is 4.57 Å². The zero-order chi connectivity index (χ0) is 21.1. The minimum absolute atomic E-state index is 0.00779. The van der Waals surface area contributed by atoms with Crippen LogP contribution in [0.2, 0.25) is 0 Å². The Hall–Kier alpha value is -2.38. The molecule has 0 aromatic rings. The van der Waals surface area contributed by atoms with Gasteiger partial charge in [-0.1, -0.05) is 20.3 Å². The molecule has 2 N–H and O–H groups in total. The quantitative estimate of drug-likeness (QED) is 0.754. The molecule has 6 rings (SSSR count). The van der Waals surface area contributed by atoms with E-state index in [0.717, 1.165) is 55.9 Å². The van der Waals surface area contributed by atoms with Crippen LogP contribution in [0, 0.1) is 5.41 Å². The maximum Gasteiger partial charge on any atom is 0.331 e. The third-order valence-electron chi connectivity index (χ3n) is 7.86. The topological polar surface area (TPSA) is 102 Å². The summed E-state index contributed by atoms with van der Waals surface area (Å²) >= 11 is 0. The molecule has 6 aliphatic rings. The number of nitrogens with one attached hydrogen (secondary N) is 1. The SMILES string of the molecule is CCC[C@@H]1Cn2c(c3nc(C45CCC(C(=O)O)(CC4)CC5)nc-3n(CCC)c2=O)N1. The molecule has 0 aromatic heterocycles. The summed E-state index contributed by atoms with van der Waals surface area (Å²) in [5.74, 6) is 1.65. The molecular weight excluding hydrogens is 382 g/mol. The van der Waals surface area contributed by atoms with Gasteiger partial charge in [-0.15, -0.1) is 0 Å². The van der Waals surface area contributed by atoms with Gasteiger partial charge in [0.05, 0.1) is 5.41 Å². The van der Waals surface area contributed by atoms with Gasteiger partial charge in [0.25, 0.3) is 0 Å². The first-order chi connectivity index (χ1) is 14.4. The number of carbonyl (C=O) groups is 1. The van der Waals surface area contributed by atoms with Crippen LogP contribution in [0.5, 0.6) is 0 Å². The number of nitrogens with zero attached hydrogens (tertiary/aromatic N) is 4. The summed E-state index contributed by atoms with van der Waals surface area (Å²) in [6.07, 6.45) is 7.45. The van der Waals surface area contributed by atoms with Crippen molar-refractivity contribution in [3.63, 3.8) is 0 Å². The van der Waals surface area contributed by atoms with E-state index in [9.17, 15) is 14.7 Å². The Morgan fingerprint density at radius 2 is 1.83 bits per heavy atom.